The number of benzene rings is 1. The highest BCUT2D eigenvalue weighted by Crippen LogP contribution is 2.37. The van der Waals surface area contributed by atoms with Crippen molar-refractivity contribution in [1.82, 2.24) is 0 Å². The van der Waals surface area contributed by atoms with Gasteiger partial charge in [0.05, 0.1) is 22.6 Å². The van der Waals surface area contributed by atoms with Crippen LogP contribution in [0.3, 0.4) is 0 Å². The van der Waals surface area contributed by atoms with Crippen molar-refractivity contribution in [1.29, 1.82) is 0 Å². The molecule has 0 atom stereocenters. The molecule has 114 valence electrons. The Morgan fingerprint density at radius 3 is 2.29 bits per heavy atom. The number of hydrogen-bond acceptors (Lipinski definition) is 4. The van der Waals surface area contributed by atoms with E-state index < -0.39 is 28.3 Å². The maximum Gasteiger partial charge on any atom is 0.495 e. The number of rotatable bonds is 1. The highest BCUT2D eigenvalue weighted by atomic mass is 32.2. The highest BCUT2D eigenvalue weighted by Gasteiger charge is 2.52. The average Bonchev–Trinajstić information content (AvgIpc) is 2.69. The fourth-order valence-corrected chi connectivity index (χ4v) is 3.86. The zero-order chi connectivity index (χ0) is 15.6. The summed E-state index contributed by atoms with van der Waals surface area (Å²) in [7, 11) is -3.71. The summed E-state index contributed by atoms with van der Waals surface area (Å²) in [5.41, 5.74) is 2.46. The minimum Gasteiger partial charge on any atom is -0.399 e. The van der Waals surface area contributed by atoms with Gasteiger partial charge in [-0.2, -0.15) is 0 Å². The topological polar surface area (TPSA) is 64.6 Å². The van der Waals surface area contributed by atoms with Gasteiger partial charge in [-0.05, 0) is 57.3 Å². The van der Waals surface area contributed by atoms with E-state index in [9.17, 15) is 8.42 Å². The standard InChI is InChI=1S/C14H20BNO4S/c1-9-6-12-10(8-21(17,18)16-12)7-11(9)15-19-13(2,3)14(4,5)20-15/h6-7,16H,8H2,1-5H3. The van der Waals surface area contributed by atoms with Gasteiger partial charge in [0, 0.05) is 0 Å². The molecule has 3 rings (SSSR count). The van der Waals surface area contributed by atoms with Gasteiger partial charge in [0.25, 0.3) is 0 Å². The van der Waals surface area contributed by atoms with Gasteiger partial charge >= 0.3 is 7.12 Å². The van der Waals surface area contributed by atoms with Gasteiger partial charge in [-0.15, -0.1) is 0 Å². The largest absolute Gasteiger partial charge is 0.495 e. The quantitative estimate of drug-likeness (QED) is 0.800. The van der Waals surface area contributed by atoms with Crippen molar-refractivity contribution < 1.29 is 17.7 Å². The van der Waals surface area contributed by atoms with Gasteiger partial charge in [0.1, 0.15) is 0 Å². The number of aryl methyl sites for hydroxylation is 1. The average molecular weight is 309 g/mol. The van der Waals surface area contributed by atoms with E-state index in [0.29, 0.717) is 5.69 Å². The van der Waals surface area contributed by atoms with Crippen LogP contribution in [0.1, 0.15) is 38.8 Å². The Morgan fingerprint density at radius 1 is 1.14 bits per heavy atom. The molecule has 1 aromatic carbocycles. The van der Waals surface area contributed by atoms with Crippen molar-refractivity contribution in [3.8, 4) is 0 Å². The van der Waals surface area contributed by atoms with Crippen LogP contribution in [-0.2, 0) is 25.1 Å². The first-order valence-corrected chi connectivity index (χ1v) is 8.65. The number of nitrogens with one attached hydrogen (secondary N) is 1. The lowest BCUT2D eigenvalue weighted by Crippen LogP contribution is -2.41. The Labute approximate surface area is 126 Å². The predicted octanol–water partition coefficient (Wildman–Crippen LogP) is 1.55. The Kier molecular flexibility index (Phi) is 3.00. The smallest absolute Gasteiger partial charge is 0.399 e. The fraction of sp³-hybridized carbons (Fsp3) is 0.571. The molecule has 2 aliphatic heterocycles. The number of hydrogen-bond donors (Lipinski definition) is 1. The van der Waals surface area contributed by atoms with Crippen molar-refractivity contribution in [2.45, 2.75) is 51.6 Å². The minimum absolute atomic E-state index is 0.00905. The van der Waals surface area contributed by atoms with Crippen LogP contribution in [0, 0.1) is 6.92 Å². The van der Waals surface area contributed by atoms with E-state index in [1.165, 1.54) is 0 Å². The lowest BCUT2D eigenvalue weighted by Gasteiger charge is -2.32. The Hall–Kier alpha value is -1.05. The van der Waals surface area contributed by atoms with Gasteiger partial charge < -0.3 is 9.31 Å². The van der Waals surface area contributed by atoms with Gasteiger partial charge in [-0.25, -0.2) is 8.42 Å². The van der Waals surface area contributed by atoms with E-state index in [4.69, 9.17) is 9.31 Å². The summed E-state index contributed by atoms with van der Waals surface area (Å²) in [6.45, 7) is 9.94. The van der Waals surface area contributed by atoms with Crippen LogP contribution in [0.4, 0.5) is 5.69 Å². The van der Waals surface area contributed by atoms with Crippen molar-refractivity contribution in [2.24, 2.45) is 0 Å². The molecule has 7 heteroatoms. The molecule has 1 aromatic rings. The summed E-state index contributed by atoms with van der Waals surface area (Å²) in [4.78, 5) is 0. The van der Waals surface area contributed by atoms with Crippen molar-refractivity contribution in [3.05, 3.63) is 23.3 Å². The molecule has 21 heavy (non-hydrogen) atoms. The van der Waals surface area contributed by atoms with Crippen LogP contribution in [0.2, 0.25) is 0 Å². The summed E-state index contributed by atoms with van der Waals surface area (Å²) in [5.74, 6) is 0.00905. The maximum absolute atomic E-state index is 11.7. The molecule has 1 saturated heterocycles. The van der Waals surface area contributed by atoms with E-state index in [2.05, 4.69) is 4.72 Å². The second-order valence-electron chi connectivity index (χ2n) is 6.82. The van der Waals surface area contributed by atoms with Crippen LogP contribution in [0.5, 0.6) is 0 Å². The summed E-state index contributed by atoms with van der Waals surface area (Å²) in [6, 6.07) is 3.73. The summed E-state index contributed by atoms with van der Waals surface area (Å²) in [6.07, 6.45) is 0. The maximum atomic E-state index is 11.7. The molecule has 0 saturated carbocycles. The Bertz CT molecular complexity index is 696. The monoisotopic (exact) mass is 309 g/mol. The minimum atomic E-state index is -3.24. The van der Waals surface area contributed by atoms with Gasteiger partial charge in [0.2, 0.25) is 10.0 Å². The molecular weight excluding hydrogens is 289 g/mol. The van der Waals surface area contributed by atoms with Gasteiger partial charge in [-0.1, -0.05) is 6.07 Å². The summed E-state index contributed by atoms with van der Waals surface area (Å²) in [5, 5.41) is 0. The molecule has 0 radical (unpaired) electrons. The van der Waals surface area contributed by atoms with Crippen LogP contribution in [0.15, 0.2) is 12.1 Å². The second-order valence-corrected chi connectivity index (χ2v) is 8.54. The molecule has 0 unspecified atom stereocenters. The first-order chi connectivity index (χ1) is 9.51. The molecule has 0 aliphatic carbocycles. The Morgan fingerprint density at radius 2 is 1.71 bits per heavy atom. The zero-order valence-corrected chi connectivity index (χ0v) is 13.8. The van der Waals surface area contributed by atoms with Crippen LogP contribution in [0.25, 0.3) is 0 Å². The SMILES string of the molecule is Cc1cc2c(cc1B1OC(C)(C)C(C)(C)O1)CS(=O)(=O)N2. The normalized spacial score (nSPS) is 24.7. The third-order valence-corrected chi connectivity index (χ3v) is 5.83. The lowest BCUT2D eigenvalue weighted by atomic mass is 9.75. The molecule has 1 fully saturated rings. The third kappa shape index (κ3) is 2.37. The fourth-order valence-electron chi connectivity index (χ4n) is 2.62. The third-order valence-electron chi connectivity index (χ3n) is 4.61. The van der Waals surface area contributed by atoms with Crippen LogP contribution in [-0.4, -0.2) is 26.7 Å². The second kappa shape index (κ2) is 4.24. The van der Waals surface area contributed by atoms with Crippen molar-refractivity contribution >= 4 is 28.3 Å². The van der Waals surface area contributed by atoms with Gasteiger partial charge in [0.15, 0.2) is 0 Å². The molecule has 0 amide bonds. The van der Waals surface area contributed by atoms with E-state index in [1.54, 1.807) is 0 Å². The van der Waals surface area contributed by atoms with E-state index in [-0.39, 0.29) is 5.75 Å². The number of fused-ring (bicyclic) bond motifs is 1. The summed E-state index contributed by atoms with van der Waals surface area (Å²) >= 11 is 0. The van der Waals surface area contributed by atoms with Crippen LogP contribution >= 0.6 is 0 Å². The first kappa shape index (κ1) is 14.9. The molecule has 2 heterocycles. The van der Waals surface area contributed by atoms with Crippen molar-refractivity contribution in [3.63, 3.8) is 0 Å². The molecule has 0 spiro atoms. The first-order valence-electron chi connectivity index (χ1n) is 7.00. The molecule has 0 bridgehead atoms. The van der Waals surface area contributed by atoms with E-state index in [0.717, 1.165) is 16.6 Å². The number of sulfonamides is 1. The molecular formula is C14H20BNO4S. The van der Waals surface area contributed by atoms with Crippen molar-refractivity contribution in [2.75, 3.05) is 4.72 Å². The zero-order valence-electron chi connectivity index (χ0n) is 13.0. The summed E-state index contributed by atoms with van der Waals surface area (Å²) < 4.78 is 38.0. The van der Waals surface area contributed by atoms with E-state index in [1.807, 2.05) is 46.8 Å². The number of anilines is 1. The molecule has 5 nitrogen and oxygen atoms in total. The lowest BCUT2D eigenvalue weighted by molar-refractivity contribution is 0.00578. The highest BCUT2D eigenvalue weighted by molar-refractivity contribution is 7.92. The van der Waals surface area contributed by atoms with Crippen LogP contribution < -0.4 is 10.2 Å². The molecule has 0 aromatic heterocycles. The molecule has 1 N–H and O–H groups in total. The van der Waals surface area contributed by atoms with E-state index >= 15 is 0 Å². The molecule has 2 aliphatic rings. The van der Waals surface area contributed by atoms with Gasteiger partial charge in [-0.3, -0.25) is 4.72 Å². The predicted molar refractivity (Wildman–Crippen MR) is 83.1 cm³/mol. The Balaban J connectivity index is 1.99.